The number of carboxylic acid groups (broad SMARTS) is 1. The molecule has 1 N–H and O–H groups in total. The Bertz CT molecular complexity index is 660. The SMILES string of the molecule is CC(C)C(=O)N1CCCN(C(=O)c2ccc(C(=O)O)cc2F)CC1. The summed E-state index contributed by atoms with van der Waals surface area (Å²) >= 11 is 0. The minimum Gasteiger partial charge on any atom is -0.478 e. The van der Waals surface area contributed by atoms with Crippen LogP contribution in [0.15, 0.2) is 18.2 Å². The number of rotatable bonds is 3. The molecule has 1 aromatic rings. The van der Waals surface area contributed by atoms with E-state index < -0.39 is 17.7 Å². The van der Waals surface area contributed by atoms with E-state index in [-0.39, 0.29) is 23.0 Å². The Morgan fingerprint density at radius 3 is 2.29 bits per heavy atom. The highest BCUT2D eigenvalue weighted by Gasteiger charge is 2.25. The van der Waals surface area contributed by atoms with Crippen molar-refractivity contribution in [1.82, 2.24) is 9.80 Å². The van der Waals surface area contributed by atoms with E-state index in [9.17, 15) is 18.8 Å². The largest absolute Gasteiger partial charge is 0.478 e. The lowest BCUT2D eigenvalue weighted by Gasteiger charge is -2.23. The van der Waals surface area contributed by atoms with Gasteiger partial charge >= 0.3 is 5.97 Å². The number of nitrogens with zero attached hydrogens (tertiary/aromatic N) is 2. The molecule has 0 saturated carbocycles. The van der Waals surface area contributed by atoms with Gasteiger partial charge in [0.2, 0.25) is 5.91 Å². The van der Waals surface area contributed by atoms with Crippen molar-refractivity contribution < 1.29 is 23.9 Å². The molecule has 0 unspecified atom stereocenters. The lowest BCUT2D eigenvalue weighted by molar-refractivity contribution is -0.134. The maximum absolute atomic E-state index is 14.1. The Balaban J connectivity index is 2.10. The minimum absolute atomic E-state index is 0.0429. The van der Waals surface area contributed by atoms with E-state index in [0.717, 1.165) is 6.07 Å². The summed E-state index contributed by atoms with van der Waals surface area (Å²) in [4.78, 5) is 38.6. The van der Waals surface area contributed by atoms with Gasteiger partial charge in [0.05, 0.1) is 11.1 Å². The molecule has 1 fully saturated rings. The van der Waals surface area contributed by atoms with Crippen molar-refractivity contribution in [3.05, 3.63) is 35.1 Å². The molecule has 0 aromatic heterocycles. The maximum atomic E-state index is 14.1. The smallest absolute Gasteiger partial charge is 0.335 e. The van der Waals surface area contributed by atoms with Crippen LogP contribution in [0, 0.1) is 11.7 Å². The average Bonchev–Trinajstić information content (AvgIpc) is 2.79. The van der Waals surface area contributed by atoms with Crippen molar-refractivity contribution in [2.45, 2.75) is 20.3 Å². The van der Waals surface area contributed by atoms with Crippen LogP contribution in [0.25, 0.3) is 0 Å². The molecule has 7 heteroatoms. The maximum Gasteiger partial charge on any atom is 0.335 e. The summed E-state index contributed by atoms with van der Waals surface area (Å²) in [5.41, 5.74) is -0.350. The normalized spacial score (nSPS) is 15.3. The Hall–Kier alpha value is -2.44. The van der Waals surface area contributed by atoms with Crippen LogP contribution in [-0.4, -0.2) is 58.9 Å². The zero-order valence-electron chi connectivity index (χ0n) is 13.8. The summed E-state index contributed by atoms with van der Waals surface area (Å²) in [5.74, 6) is -2.64. The van der Waals surface area contributed by atoms with Crippen LogP contribution >= 0.6 is 0 Å². The molecular weight excluding hydrogens is 315 g/mol. The van der Waals surface area contributed by atoms with Gasteiger partial charge in [0.1, 0.15) is 5.82 Å². The summed E-state index contributed by atoms with van der Waals surface area (Å²) in [6.07, 6.45) is 0.624. The number of hydrogen-bond donors (Lipinski definition) is 1. The van der Waals surface area contributed by atoms with E-state index in [1.807, 2.05) is 13.8 Å². The fourth-order valence-corrected chi connectivity index (χ4v) is 2.70. The molecule has 1 heterocycles. The highest BCUT2D eigenvalue weighted by Crippen LogP contribution is 2.15. The molecule has 0 spiro atoms. The van der Waals surface area contributed by atoms with Gasteiger partial charge in [-0.1, -0.05) is 13.8 Å². The number of hydrogen-bond acceptors (Lipinski definition) is 3. The second kappa shape index (κ2) is 7.42. The number of halogens is 1. The van der Waals surface area contributed by atoms with Crippen molar-refractivity contribution in [3.63, 3.8) is 0 Å². The molecule has 0 bridgehead atoms. The molecule has 1 aromatic carbocycles. The van der Waals surface area contributed by atoms with Crippen LogP contribution in [0.4, 0.5) is 4.39 Å². The Morgan fingerprint density at radius 2 is 1.71 bits per heavy atom. The molecule has 130 valence electrons. The standard InChI is InChI=1S/C17H21FN2O4/c1-11(2)15(21)19-6-3-7-20(9-8-19)16(22)13-5-4-12(17(23)24)10-14(13)18/h4-5,10-11H,3,6-9H2,1-2H3,(H,23,24). The minimum atomic E-state index is -1.24. The number of aromatic carboxylic acids is 1. The van der Waals surface area contributed by atoms with Gasteiger partial charge in [-0.25, -0.2) is 9.18 Å². The lowest BCUT2D eigenvalue weighted by Crippen LogP contribution is -2.39. The van der Waals surface area contributed by atoms with Gasteiger partial charge in [0, 0.05) is 32.1 Å². The Morgan fingerprint density at radius 1 is 1.08 bits per heavy atom. The lowest BCUT2D eigenvalue weighted by atomic mass is 10.1. The van der Waals surface area contributed by atoms with Crippen LogP contribution in [0.2, 0.25) is 0 Å². The fourth-order valence-electron chi connectivity index (χ4n) is 2.70. The fraction of sp³-hybridized carbons (Fsp3) is 0.471. The molecule has 1 aliphatic rings. The van der Waals surface area contributed by atoms with Gasteiger partial charge < -0.3 is 14.9 Å². The molecule has 0 atom stereocenters. The topological polar surface area (TPSA) is 77.9 Å². The predicted molar refractivity (Wildman–Crippen MR) is 85.3 cm³/mol. The average molecular weight is 336 g/mol. The third kappa shape index (κ3) is 3.90. The number of carbonyl (C=O) groups is 3. The molecule has 2 amide bonds. The van der Waals surface area contributed by atoms with E-state index in [1.165, 1.54) is 17.0 Å². The molecular formula is C17H21FN2O4. The van der Waals surface area contributed by atoms with Crippen LogP contribution in [0.1, 0.15) is 41.0 Å². The van der Waals surface area contributed by atoms with Crippen LogP contribution in [0.5, 0.6) is 0 Å². The third-order valence-electron chi connectivity index (χ3n) is 4.04. The van der Waals surface area contributed by atoms with Gasteiger partial charge in [-0.2, -0.15) is 0 Å². The van der Waals surface area contributed by atoms with Crippen LogP contribution in [0.3, 0.4) is 0 Å². The van der Waals surface area contributed by atoms with Crippen molar-refractivity contribution in [2.75, 3.05) is 26.2 Å². The van der Waals surface area contributed by atoms with Gasteiger partial charge in [-0.3, -0.25) is 9.59 Å². The van der Waals surface area contributed by atoms with Crippen molar-refractivity contribution in [3.8, 4) is 0 Å². The van der Waals surface area contributed by atoms with Crippen LogP contribution in [-0.2, 0) is 4.79 Å². The monoisotopic (exact) mass is 336 g/mol. The second-order valence-corrected chi connectivity index (χ2v) is 6.13. The molecule has 6 nitrogen and oxygen atoms in total. The zero-order chi connectivity index (χ0) is 17.9. The van der Waals surface area contributed by atoms with E-state index in [1.54, 1.807) is 4.90 Å². The second-order valence-electron chi connectivity index (χ2n) is 6.13. The predicted octanol–water partition coefficient (Wildman–Crippen LogP) is 1.85. The summed E-state index contributed by atoms with van der Waals surface area (Å²) in [7, 11) is 0. The number of amides is 2. The number of carbonyl (C=O) groups excluding carboxylic acids is 2. The molecule has 24 heavy (non-hydrogen) atoms. The Kier molecular flexibility index (Phi) is 5.54. The number of carboxylic acids is 1. The van der Waals surface area contributed by atoms with Gasteiger partial charge in [-0.05, 0) is 24.6 Å². The zero-order valence-corrected chi connectivity index (χ0v) is 13.8. The van der Waals surface area contributed by atoms with Gasteiger partial charge in [-0.15, -0.1) is 0 Å². The highest BCUT2D eigenvalue weighted by molar-refractivity contribution is 5.96. The first-order valence-corrected chi connectivity index (χ1v) is 7.92. The quantitative estimate of drug-likeness (QED) is 0.914. The van der Waals surface area contributed by atoms with Crippen molar-refractivity contribution >= 4 is 17.8 Å². The van der Waals surface area contributed by atoms with E-state index in [4.69, 9.17) is 5.11 Å². The first-order chi connectivity index (χ1) is 11.3. The Labute approximate surface area is 139 Å². The highest BCUT2D eigenvalue weighted by atomic mass is 19.1. The first-order valence-electron chi connectivity index (χ1n) is 7.92. The van der Waals surface area contributed by atoms with Crippen molar-refractivity contribution in [1.29, 1.82) is 0 Å². The summed E-state index contributed by atoms with van der Waals surface area (Å²) in [6.45, 7) is 5.40. The molecule has 0 aliphatic carbocycles. The van der Waals surface area contributed by atoms with E-state index in [2.05, 4.69) is 0 Å². The number of benzene rings is 1. The van der Waals surface area contributed by atoms with E-state index >= 15 is 0 Å². The van der Waals surface area contributed by atoms with Gasteiger partial charge in [0.15, 0.2) is 0 Å². The molecule has 1 saturated heterocycles. The summed E-state index contributed by atoms with van der Waals surface area (Å²) in [5, 5.41) is 8.85. The van der Waals surface area contributed by atoms with E-state index in [0.29, 0.717) is 32.6 Å². The first kappa shape index (κ1) is 17.9. The van der Waals surface area contributed by atoms with Gasteiger partial charge in [0.25, 0.3) is 5.91 Å². The summed E-state index contributed by atoms with van der Waals surface area (Å²) < 4.78 is 14.1. The molecule has 1 aliphatic heterocycles. The van der Waals surface area contributed by atoms with Crippen LogP contribution < -0.4 is 0 Å². The third-order valence-corrected chi connectivity index (χ3v) is 4.04. The molecule has 2 rings (SSSR count). The summed E-state index contributed by atoms with van der Waals surface area (Å²) in [6, 6.07) is 3.26. The van der Waals surface area contributed by atoms with Crippen molar-refractivity contribution in [2.24, 2.45) is 5.92 Å². The molecule has 0 radical (unpaired) electrons.